The summed E-state index contributed by atoms with van der Waals surface area (Å²) in [6.45, 7) is 3.81. The third-order valence-corrected chi connectivity index (χ3v) is 4.79. The minimum absolute atomic E-state index is 0.116. The van der Waals surface area contributed by atoms with Crippen molar-refractivity contribution >= 4 is 23.6 Å². The topological polar surface area (TPSA) is 66.8 Å². The van der Waals surface area contributed by atoms with Gasteiger partial charge in [-0.1, -0.05) is 17.7 Å². The van der Waals surface area contributed by atoms with Crippen LogP contribution in [0.3, 0.4) is 0 Å². The summed E-state index contributed by atoms with van der Waals surface area (Å²) < 4.78 is 5.27. The molecule has 6 heteroatoms. The highest BCUT2D eigenvalue weighted by atomic mass is 32.2. The van der Waals surface area contributed by atoms with Gasteiger partial charge in [-0.05, 0) is 19.9 Å². The predicted octanol–water partition coefficient (Wildman–Crippen LogP) is 1.92. The van der Waals surface area contributed by atoms with Crippen LogP contribution in [0, 0.1) is 6.92 Å². The van der Waals surface area contributed by atoms with E-state index in [1.165, 1.54) is 16.7 Å². The first kappa shape index (κ1) is 15.7. The summed E-state index contributed by atoms with van der Waals surface area (Å²) in [4.78, 5) is 25.2. The fourth-order valence-corrected chi connectivity index (χ4v) is 3.70. The van der Waals surface area contributed by atoms with Crippen LogP contribution in [-0.2, 0) is 16.0 Å². The zero-order valence-corrected chi connectivity index (χ0v) is 13.1. The first-order chi connectivity index (χ1) is 9.93. The van der Waals surface area contributed by atoms with Crippen molar-refractivity contribution < 1.29 is 19.4 Å². The SMILES string of the molecule is COc1ccc(C)cc1CC(=O)N1C(C)SCC1C(=O)O. The number of methoxy groups -OCH3 is 1. The fraction of sp³-hybridized carbons (Fsp3) is 0.467. The molecular weight excluding hydrogens is 290 g/mol. The third-order valence-electron chi connectivity index (χ3n) is 3.57. The number of thioether (sulfide) groups is 1. The molecule has 21 heavy (non-hydrogen) atoms. The van der Waals surface area contributed by atoms with Gasteiger partial charge >= 0.3 is 5.97 Å². The molecule has 0 saturated carbocycles. The molecule has 0 bridgehead atoms. The van der Waals surface area contributed by atoms with E-state index >= 15 is 0 Å². The highest BCUT2D eigenvalue weighted by Gasteiger charge is 2.39. The highest BCUT2D eigenvalue weighted by Crippen LogP contribution is 2.30. The van der Waals surface area contributed by atoms with E-state index in [1.807, 2.05) is 32.0 Å². The van der Waals surface area contributed by atoms with Crippen LogP contribution in [0.15, 0.2) is 18.2 Å². The van der Waals surface area contributed by atoms with Gasteiger partial charge in [0.1, 0.15) is 11.8 Å². The maximum atomic E-state index is 12.5. The number of carboxylic acid groups (broad SMARTS) is 1. The molecule has 1 aliphatic rings. The first-order valence-electron chi connectivity index (χ1n) is 6.73. The summed E-state index contributed by atoms with van der Waals surface area (Å²) in [5.74, 6) is -0.0340. The second-order valence-electron chi connectivity index (χ2n) is 5.08. The van der Waals surface area contributed by atoms with Gasteiger partial charge < -0.3 is 14.7 Å². The predicted molar refractivity (Wildman–Crippen MR) is 81.6 cm³/mol. The average molecular weight is 309 g/mol. The molecule has 0 radical (unpaired) electrons. The summed E-state index contributed by atoms with van der Waals surface area (Å²) in [5.41, 5.74) is 1.83. The number of hydrogen-bond acceptors (Lipinski definition) is 4. The Hall–Kier alpha value is -1.69. The molecule has 1 amide bonds. The van der Waals surface area contributed by atoms with Crippen LogP contribution in [-0.4, -0.2) is 46.2 Å². The molecule has 0 aliphatic carbocycles. The Morgan fingerprint density at radius 1 is 1.48 bits per heavy atom. The number of benzene rings is 1. The number of carbonyl (C=O) groups excluding carboxylic acids is 1. The smallest absolute Gasteiger partial charge is 0.327 e. The standard InChI is InChI=1S/C15H19NO4S/c1-9-4-5-13(20-3)11(6-9)7-14(17)16-10(2)21-8-12(16)15(18)19/h4-6,10,12H,7-8H2,1-3H3,(H,18,19). The molecule has 1 heterocycles. The van der Waals surface area contributed by atoms with Gasteiger partial charge in [-0.15, -0.1) is 11.8 Å². The number of hydrogen-bond donors (Lipinski definition) is 1. The van der Waals surface area contributed by atoms with E-state index in [0.717, 1.165) is 11.1 Å². The lowest BCUT2D eigenvalue weighted by atomic mass is 10.1. The molecule has 0 spiro atoms. The van der Waals surface area contributed by atoms with Gasteiger partial charge in [0.05, 0.1) is 18.9 Å². The van der Waals surface area contributed by atoms with Gasteiger partial charge in [0.25, 0.3) is 0 Å². The van der Waals surface area contributed by atoms with Crippen molar-refractivity contribution in [3.05, 3.63) is 29.3 Å². The summed E-state index contributed by atoms with van der Waals surface area (Å²) >= 11 is 1.49. The molecule has 1 N–H and O–H groups in total. The van der Waals surface area contributed by atoms with E-state index < -0.39 is 12.0 Å². The summed E-state index contributed by atoms with van der Waals surface area (Å²) in [7, 11) is 1.56. The molecule has 2 unspecified atom stereocenters. The molecule has 1 aliphatic heterocycles. The van der Waals surface area contributed by atoms with Gasteiger partial charge in [0.2, 0.25) is 5.91 Å². The second kappa shape index (κ2) is 6.39. The number of amides is 1. The fourth-order valence-electron chi connectivity index (χ4n) is 2.51. The van der Waals surface area contributed by atoms with E-state index in [1.54, 1.807) is 7.11 Å². The van der Waals surface area contributed by atoms with Crippen LogP contribution >= 0.6 is 11.8 Å². The Labute approximate surface area is 128 Å². The maximum Gasteiger partial charge on any atom is 0.327 e. The Bertz CT molecular complexity index is 561. The summed E-state index contributed by atoms with van der Waals surface area (Å²) in [6.07, 6.45) is 0.152. The lowest BCUT2D eigenvalue weighted by Crippen LogP contribution is -2.45. The zero-order valence-electron chi connectivity index (χ0n) is 12.3. The van der Waals surface area contributed by atoms with Gasteiger partial charge in [-0.3, -0.25) is 4.79 Å². The van der Waals surface area contributed by atoms with Crippen molar-refractivity contribution in [3.8, 4) is 5.75 Å². The lowest BCUT2D eigenvalue weighted by Gasteiger charge is -2.25. The number of ether oxygens (including phenoxy) is 1. The van der Waals surface area contributed by atoms with Crippen LogP contribution in [0.1, 0.15) is 18.1 Å². The summed E-state index contributed by atoms with van der Waals surface area (Å²) in [5, 5.41) is 9.11. The van der Waals surface area contributed by atoms with Crippen LogP contribution < -0.4 is 4.74 Å². The molecule has 1 aromatic rings. The van der Waals surface area contributed by atoms with Crippen molar-refractivity contribution in [1.82, 2.24) is 4.90 Å². The molecule has 1 aromatic carbocycles. The third kappa shape index (κ3) is 3.32. The van der Waals surface area contributed by atoms with Crippen LogP contribution in [0.2, 0.25) is 0 Å². The minimum Gasteiger partial charge on any atom is -0.496 e. The van der Waals surface area contributed by atoms with Crippen LogP contribution in [0.5, 0.6) is 5.75 Å². The molecule has 2 rings (SSSR count). The first-order valence-corrected chi connectivity index (χ1v) is 7.78. The number of carbonyl (C=O) groups is 2. The lowest BCUT2D eigenvalue weighted by molar-refractivity contribution is -0.148. The molecule has 1 saturated heterocycles. The number of rotatable bonds is 4. The Morgan fingerprint density at radius 2 is 2.19 bits per heavy atom. The quantitative estimate of drug-likeness (QED) is 0.920. The molecule has 114 valence electrons. The number of aryl methyl sites for hydroxylation is 1. The van der Waals surface area contributed by atoms with E-state index in [-0.39, 0.29) is 17.7 Å². The molecule has 0 aromatic heterocycles. The molecule has 2 atom stereocenters. The zero-order chi connectivity index (χ0) is 15.6. The van der Waals surface area contributed by atoms with Crippen molar-refractivity contribution in [3.63, 3.8) is 0 Å². The number of carboxylic acids is 1. The molecular formula is C15H19NO4S. The second-order valence-corrected chi connectivity index (χ2v) is 6.43. The number of nitrogens with zero attached hydrogens (tertiary/aromatic N) is 1. The van der Waals surface area contributed by atoms with E-state index in [4.69, 9.17) is 4.74 Å². The van der Waals surface area contributed by atoms with Gasteiger partial charge in [-0.2, -0.15) is 0 Å². The van der Waals surface area contributed by atoms with Crippen molar-refractivity contribution in [1.29, 1.82) is 0 Å². The van der Waals surface area contributed by atoms with E-state index in [0.29, 0.717) is 11.5 Å². The Morgan fingerprint density at radius 3 is 2.81 bits per heavy atom. The summed E-state index contributed by atoms with van der Waals surface area (Å²) in [6, 6.07) is 4.91. The van der Waals surface area contributed by atoms with Crippen LogP contribution in [0.25, 0.3) is 0 Å². The van der Waals surface area contributed by atoms with Crippen molar-refractivity contribution in [2.24, 2.45) is 0 Å². The van der Waals surface area contributed by atoms with E-state index in [2.05, 4.69) is 0 Å². The van der Waals surface area contributed by atoms with E-state index in [9.17, 15) is 14.7 Å². The van der Waals surface area contributed by atoms with Crippen LogP contribution in [0.4, 0.5) is 0 Å². The monoisotopic (exact) mass is 309 g/mol. The molecule has 1 fully saturated rings. The van der Waals surface area contributed by atoms with Gasteiger partial charge in [0, 0.05) is 11.3 Å². The largest absolute Gasteiger partial charge is 0.496 e. The number of aliphatic carboxylic acids is 1. The molecule has 5 nitrogen and oxygen atoms in total. The Kier molecular flexibility index (Phi) is 4.77. The highest BCUT2D eigenvalue weighted by molar-refractivity contribution is 8.00. The minimum atomic E-state index is -0.948. The van der Waals surface area contributed by atoms with Crippen molar-refractivity contribution in [2.45, 2.75) is 31.7 Å². The maximum absolute atomic E-state index is 12.5. The van der Waals surface area contributed by atoms with Crippen molar-refractivity contribution in [2.75, 3.05) is 12.9 Å². The Balaban J connectivity index is 2.21. The normalized spacial score (nSPS) is 21.4. The van der Waals surface area contributed by atoms with Gasteiger partial charge in [-0.25, -0.2) is 4.79 Å². The van der Waals surface area contributed by atoms with Gasteiger partial charge in [0.15, 0.2) is 0 Å². The average Bonchev–Trinajstić information content (AvgIpc) is 2.81.